The Labute approximate surface area is 108 Å². The molecule has 1 aromatic rings. The van der Waals surface area contributed by atoms with Crippen LogP contribution in [0.15, 0.2) is 30.3 Å². The van der Waals surface area contributed by atoms with Crippen LogP contribution in [0.5, 0.6) is 0 Å². The fraction of sp³-hybridized carbons (Fsp3) is 0.500. The molecule has 1 rings (SSSR count). The van der Waals surface area contributed by atoms with Crippen LogP contribution >= 0.6 is 0 Å². The maximum Gasteiger partial charge on any atom is 0.307 e. The SMILES string of the molecule is COC(=O)CC(C)NC(CO)Cc1ccccc1. The summed E-state index contributed by atoms with van der Waals surface area (Å²) in [5.41, 5.74) is 1.16. The third-order valence-corrected chi connectivity index (χ3v) is 2.77. The first-order valence-electron chi connectivity index (χ1n) is 6.13. The van der Waals surface area contributed by atoms with Crippen molar-refractivity contribution < 1.29 is 14.6 Å². The number of rotatable bonds is 7. The molecule has 2 N–H and O–H groups in total. The summed E-state index contributed by atoms with van der Waals surface area (Å²) in [6.07, 6.45) is 1.05. The van der Waals surface area contributed by atoms with Crippen LogP contribution < -0.4 is 5.32 Å². The summed E-state index contributed by atoms with van der Waals surface area (Å²) in [6, 6.07) is 9.89. The Morgan fingerprint density at radius 2 is 2.06 bits per heavy atom. The van der Waals surface area contributed by atoms with Gasteiger partial charge in [0.15, 0.2) is 0 Å². The van der Waals surface area contributed by atoms with Crippen LogP contribution in [-0.4, -0.2) is 36.9 Å². The minimum atomic E-state index is -0.244. The van der Waals surface area contributed by atoms with Crippen molar-refractivity contribution in [3.63, 3.8) is 0 Å². The van der Waals surface area contributed by atoms with Crippen molar-refractivity contribution in [2.45, 2.75) is 31.8 Å². The van der Waals surface area contributed by atoms with Gasteiger partial charge in [0.25, 0.3) is 0 Å². The van der Waals surface area contributed by atoms with Gasteiger partial charge in [0.05, 0.1) is 20.1 Å². The van der Waals surface area contributed by atoms with E-state index in [0.717, 1.165) is 12.0 Å². The molecule has 0 bridgehead atoms. The summed E-state index contributed by atoms with van der Waals surface area (Å²) in [6.45, 7) is 1.95. The van der Waals surface area contributed by atoms with E-state index in [-0.39, 0.29) is 24.7 Å². The molecule has 0 heterocycles. The van der Waals surface area contributed by atoms with Crippen molar-refractivity contribution in [2.24, 2.45) is 0 Å². The smallest absolute Gasteiger partial charge is 0.307 e. The Balaban J connectivity index is 2.44. The molecule has 0 aliphatic rings. The van der Waals surface area contributed by atoms with Crippen molar-refractivity contribution in [3.05, 3.63) is 35.9 Å². The number of carbonyl (C=O) groups is 1. The van der Waals surface area contributed by atoms with E-state index in [1.54, 1.807) is 0 Å². The van der Waals surface area contributed by atoms with Gasteiger partial charge in [-0.3, -0.25) is 4.79 Å². The van der Waals surface area contributed by atoms with Crippen LogP contribution in [0.2, 0.25) is 0 Å². The molecule has 18 heavy (non-hydrogen) atoms. The lowest BCUT2D eigenvalue weighted by Crippen LogP contribution is -2.41. The Morgan fingerprint density at radius 3 is 2.61 bits per heavy atom. The second-order valence-electron chi connectivity index (χ2n) is 4.42. The molecule has 2 atom stereocenters. The summed E-state index contributed by atoms with van der Waals surface area (Å²) < 4.78 is 4.61. The van der Waals surface area contributed by atoms with Gasteiger partial charge in [0.1, 0.15) is 0 Å². The van der Waals surface area contributed by atoms with Gasteiger partial charge in [0, 0.05) is 12.1 Å². The van der Waals surface area contributed by atoms with Crippen LogP contribution in [0.4, 0.5) is 0 Å². The fourth-order valence-electron chi connectivity index (χ4n) is 1.87. The molecule has 0 saturated carbocycles. The largest absolute Gasteiger partial charge is 0.469 e. The standard InChI is InChI=1S/C14H21NO3/c1-11(8-14(17)18-2)15-13(10-16)9-12-6-4-3-5-7-12/h3-7,11,13,15-16H,8-10H2,1-2H3. The highest BCUT2D eigenvalue weighted by atomic mass is 16.5. The molecule has 4 nitrogen and oxygen atoms in total. The minimum absolute atomic E-state index is 0.0155. The van der Waals surface area contributed by atoms with E-state index in [2.05, 4.69) is 10.1 Å². The average Bonchev–Trinajstić information content (AvgIpc) is 2.38. The second-order valence-corrected chi connectivity index (χ2v) is 4.42. The maximum absolute atomic E-state index is 11.1. The molecule has 0 fully saturated rings. The van der Waals surface area contributed by atoms with Gasteiger partial charge in [-0.05, 0) is 18.9 Å². The highest BCUT2D eigenvalue weighted by Crippen LogP contribution is 2.04. The van der Waals surface area contributed by atoms with E-state index in [4.69, 9.17) is 0 Å². The zero-order valence-corrected chi connectivity index (χ0v) is 10.9. The molecule has 2 unspecified atom stereocenters. The van der Waals surface area contributed by atoms with Gasteiger partial charge in [-0.15, -0.1) is 0 Å². The van der Waals surface area contributed by atoms with E-state index < -0.39 is 0 Å². The number of nitrogens with one attached hydrogen (secondary N) is 1. The van der Waals surface area contributed by atoms with Crippen LogP contribution in [-0.2, 0) is 16.0 Å². The number of methoxy groups -OCH3 is 1. The number of ether oxygens (including phenoxy) is 1. The molecular weight excluding hydrogens is 230 g/mol. The Bertz CT molecular complexity index is 353. The zero-order chi connectivity index (χ0) is 13.4. The van der Waals surface area contributed by atoms with Crippen LogP contribution in [0.3, 0.4) is 0 Å². The Hall–Kier alpha value is -1.39. The van der Waals surface area contributed by atoms with Crippen molar-refractivity contribution >= 4 is 5.97 Å². The topological polar surface area (TPSA) is 58.6 Å². The third-order valence-electron chi connectivity index (χ3n) is 2.77. The fourth-order valence-corrected chi connectivity index (χ4v) is 1.87. The van der Waals surface area contributed by atoms with E-state index in [1.165, 1.54) is 7.11 Å². The number of hydrogen-bond donors (Lipinski definition) is 2. The van der Waals surface area contributed by atoms with E-state index in [1.807, 2.05) is 37.3 Å². The molecule has 0 saturated heterocycles. The number of hydrogen-bond acceptors (Lipinski definition) is 4. The van der Waals surface area contributed by atoms with Crippen molar-refractivity contribution in [2.75, 3.05) is 13.7 Å². The van der Waals surface area contributed by atoms with Gasteiger partial charge >= 0.3 is 5.97 Å². The molecular formula is C14H21NO3. The van der Waals surface area contributed by atoms with Gasteiger partial charge in [-0.2, -0.15) is 0 Å². The van der Waals surface area contributed by atoms with Gasteiger partial charge in [-0.1, -0.05) is 30.3 Å². The molecule has 1 aromatic carbocycles. The number of aliphatic hydroxyl groups excluding tert-OH is 1. The summed E-state index contributed by atoms with van der Waals surface area (Å²) in [5.74, 6) is -0.244. The number of carbonyl (C=O) groups excluding carboxylic acids is 1. The quantitative estimate of drug-likeness (QED) is 0.713. The van der Waals surface area contributed by atoms with Crippen LogP contribution in [0.25, 0.3) is 0 Å². The Kier molecular flexibility index (Phi) is 6.39. The third kappa shape index (κ3) is 5.29. The number of esters is 1. The summed E-state index contributed by atoms with van der Waals surface area (Å²) in [4.78, 5) is 11.1. The number of benzene rings is 1. The molecule has 0 spiro atoms. The molecule has 0 aliphatic carbocycles. The maximum atomic E-state index is 11.1. The van der Waals surface area contributed by atoms with Crippen LogP contribution in [0.1, 0.15) is 18.9 Å². The Morgan fingerprint density at radius 1 is 1.39 bits per heavy atom. The summed E-state index contributed by atoms with van der Waals surface area (Å²) in [7, 11) is 1.38. The molecule has 0 amide bonds. The first-order chi connectivity index (χ1) is 8.65. The lowest BCUT2D eigenvalue weighted by molar-refractivity contribution is -0.141. The minimum Gasteiger partial charge on any atom is -0.469 e. The monoisotopic (exact) mass is 251 g/mol. The molecule has 4 heteroatoms. The van der Waals surface area contributed by atoms with Crippen molar-refractivity contribution in [1.29, 1.82) is 0 Å². The van der Waals surface area contributed by atoms with Crippen molar-refractivity contribution in [3.8, 4) is 0 Å². The zero-order valence-electron chi connectivity index (χ0n) is 10.9. The first-order valence-corrected chi connectivity index (χ1v) is 6.13. The van der Waals surface area contributed by atoms with E-state index in [9.17, 15) is 9.90 Å². The second kappa shape index (κ2) is 7.84. The van der Waals surface area contributed by atoms with Gasteiger partial charge in [-0.25, -0.2) is 0 Å². The molecule has 0 aromatic heterocycles. The van der Waals surface area contributed by atoms with E-state index in [0.29, 0.717) is 6.42 Å². The summed E-state index contributed by atoms with van der Waals surface area (Å²) in [5, 5.41) is 12.6. The molecule has 100 valence electrons. The van der Waals surface area contributed by atoms with Crippen molar-refractivity contribution in [1.82, 2.24) is 5.32 Å². The predicted octanol–water partition coefficient (Wildman–Crippen LogP) is 1.13. The van der Waals surface area contributed by atoms with Gasteiger partial charge < -0.3 is 15.2 Å². The van der Waals surface area contributed by atoms with Gasteiger partial charge in [0.2, 0.25) is 0 Å². The molecule has 0 aliphatic heterocycles. The molecule has 0 radical (unpaired) electrons. The number of aliphatic hydroxyl groups is 1. The average molecular weight is 251 g/mol. The highest BCUT2D eigenvalue weighted by molar-refractivity contribution is 5.69. The normalized spacial score (nSPS) is 13.9. The lowest BCUT2D eigenvalue weighted by Gasteiger charge is -2.21. The predicted molar refractivity (Wildman–Crippen MR) is 70.3 cm³/mol. The highest BCUT2D eigenvalue weighted by Gasteiger charge is 2.14. The first kappa shape index (κ1) is 14.7. The van der Waals surface area contributed by atoms with E-state index >= 15 is 0 Å². The lowest BCUT2D eigenvalue weighted by atomic mass is 10.1. The van der Waals surface area contributed by atoms with Crippen LogP contribution in [0, 0.1) is 0 Å². The summed E-state index contributed by atoms with van der Waals surface area (Å²) >= 11 is 0.